The Morgan fingerprint density at radius 3 is 0.935 bits per heavy atom. The number of aliphatic imine (C=N–C) groups is 2. The Balaban J connectivity index is 0. The second-order valence-electron chi connectivity index (χ2n) is 8.75. The van der Waals surface area contributed by atoms with Crippen LogP contribution in [0.1, 0.15) is 101 Å². The number of para-hydroxylation sites is 2. The minimum atomic E-state index is 0. The van der Waals surface area contributed by atoms with Gasteiger partial charge in [-0.2, -0.15) is 0 Å². The molecular weight excluding hydrogens is 512 g/mol. The molecule has 0 saturated heterocycles. The molecule has 0 aliphatic heterocycles. The van der Waals surface area contributed by atoms with E-state index in [1.165, 1.54) is 22.3 Å². The van der Waals surface area contributed by atoms with Crippen LogP contribution in [0.2, 0.25) is 0 Å². The average Bonchev–Trinajstić information content (AvgIpc) is 2.64. The van der Waals surface area contributed by atoms with E-state index in [9.17, 15) is 0 Å². The largest absolute Gasteiger partial charge is 2.00 e. The van der Waals surface area contributed by atoms with Crippen molar-refractivity contribution in [1.82, 2.24) is 0 Å². The van der Waals surface area contributed by atoms with Crippen LogP contribution in [-0.2, 0) is 19.5 Å². The second-order valence-corrected chi connectivity index (χ2v) is 8.75. The Morgan fingerprint density at radius 1 is 0.516 bits per heavy atom. The van der Waals surface area contributed by atoms with Crippen molar-refractivity contribution in [2.75, 3.05) is 0 Å². The molecule has 2 nitrogen and oxygen atoms in total. The van der Waals surface area contributed by atoms with Gasteiger partial charge in [-0.15, -0.1) is 0 Å². The standard InChI is InChI=1S/C26H36N2.2ClH.Ru/c1-17(2)21-11-9-12-22(18(3)4)25(21)27-15-16-28-26-23(19(5)6)13-10-14-24(26)20(7)8;;;/h9-20H,1-8H3;2*1H;/q;;;+2/p-2. The Labute approximate surface area is 215 Å². The smallest absolute Gasteiger partial charge is 1.00 e. The molecule has 0 bridgehead atoms. The summed E-state index contributed by atoms with van der Waals surface area (Å²) in [4.78, 5) is 9.68. The molecule has 0 aliphatic carbocycles. The third-order valence-corrected chi connectivity index (χ3v) is 5.16. The van der Waals surface area contributed by atoms with Crippen molar-refractivity contribution in [2.45, 2.75) is 79.1 Å². The van der Waals surface area contributed by atoms with Gasteiger partial charge in [0, 0.05) is 12.4 Å². The summed E-state index contributed by atoms with van der Waals surface area (Å²) in [6, 6.07) is 13.0. The Kier molecular flexibility index (Phi) is 15.5. The van der Waals surface area contributed by atoms with Gasteiger partial charge in [-0.25, -0.2) is 0 Å². The molecule has 31 heavy (non-hydrogen) atoms. The summed E-state index contributed by atoms with van der Waals surface area (Å²) in [6.45, 7) is 17.8. The third kappa shape index (κ3) is 8.45. The van der Waals surface area contributed by atoms with Gasteiger partial charge in [-0.05, 0) is 45.9 Å². The van der Waals surface area contributed by atoms with E-state index in [0.29, 0.717) is 23.7 Å². The second kappa shape index (κ2) is 14.9. The van der Waals surface area contributed by atoms with Gasteiger partial charge in [0.25, 0.3) is 0 Å². The summed E-state index contributed by atoms with van der Waals surface area (Å²) < 4.78 is 0. The number of rotatable bonds is 7. The van der Waals surface area contributed by atoms with Crippen LogP contribution in [0.25, 0.3) is 0 Å². The van der Waals surface area contributed by atoms with E-state index in [-0.39, 0.29) is 44.3 Å². The molecule has 0 aromatic heterocycles. The third-order valence-electron chi connectivity index (χ3n) is 5.16. The zero-order valence-corrected chi connectivity index (χ0v) is 23.2. The van der Waals surface area contributed by atoms with Crippen LogP contribution in [-0.4, -0.2) is 12.4 Å². The van der Waals surface area contributed by atoms with Crippen molar-refractivity contribution in [2.24, 2.45) is 9.98 Å². The van der Waals surface area contributed by atoms with Gasteiger partial charge >= 0.3 is 19.5 Å². The van der Waals surface area contributed by atoms with Crippen molar-refractivity contribution in [3.63, 3.8) is 0 Å². The molecule has 2 aromatic rings. The summed E-state index contributed by atoms with van der Waals surface area (Å²) in [5, 5.41) is 0. The van der Waals surface area contributed by atoms with Crippen molar-refractivity contribution >= 4 is 23.8 Å². The van der Waals surface area contributed by atoms with Gasteiger partial charge < -0.3 is 24.8 Å². The van der Waals surface area contributed by atoms with E-state index in [4.69, 9.17) is 9.98 Å². The van der Waals surface area contributed by atoms with E-state index in [2.05, 4.69) is 91.8 Å². The monoisotopic (exact) mass is 548 g/mol. The number of halogens is 2. The summed E-state index contributed by atoms with van der Waals surface area (Å²) in [5.41, 5.74) is 7.37. The minimum absolute atomic E-state index is 0. The Hall–Kier alpha value is -1.02. The molecule has 2 rings (SSSR count). The first-order chi connectivity index (χ1) is 13.2. The molecule has 0 saturated carbocycles. The summed E-state index contributed by atoms with van der Waals surface area (Å²) in [6.07, 6.45) is 3.71. The van der Waals surface area contributed by atoms with E-state index in [1.54, 1.807) is 0 Å². The number of hydrogen-bond donors (Lipinski definition) is 0. The van der Waals surface area contributed by atoms with Gasteiger partial charge in [0.2, 0.25) is 0 Å². The maximum Gasteiger partial charge on any atom is 2.00 e. The van der Waals surface area contributed by atoms with Crippen LogP contribution in [0.3, 0.4) is 0 Å². The molecule has 0 unspecified atom stereocenters. The van der Waals surface area contributed by atoms with Crippen LogP contribution >= 0.6 is 0 Å². The zero-order valence-electron chi connectivity index (χ0n) is 19.9. The van der Waals surface area contributed by atoms with E-state index >= 15 is 0 Å². The SMILES string of the molecule is CC(C)c1cccc(C(C)C)c1N=CC=Nc1c(C(C)C)cccc1C(C)C.[Cl-].[Cl-].[Ru+2]. The van der Waals surface area contributed by atoms with Crippen LogP contribution in [0, 0.1) is 0 Å². The first-order valence-electron chi connectivity index (χ1n) is 10.6. The predicted molar refractivity (Wildman–Crippen MR) is 126 cm³/mol. The van der Waals surface area contributed by atoms with Crippen LogP contribution < -0.4 is 24.8 Å². The molecule has 0 heterocycles. The minimum Gasteiger partial charge on any atom is -1.00 e. The fourth-order valence-corrected chi connectivity index (χ4v) is 3.54. The molecule has 0 aliphatic rings. The fourth-order valence-electron chi connectivity index (χ4n) is 3.54. The Morgan fingerprint density at radius 2 is 0.742 bits per heavy atom. The topological polar surface area (TPSA) is 24.7 Å². The first kappa shape index (κ1) is 32.2. The number of hydrogen-bond acceptors (Lipinski definition) is 2. The van der Waals surface area contributed by atoms with E-state index < -0.39 is 0 Å². The molecule has 0 N–H and O–H groups in total. The fraction of sp³-hybridized carbons (Fsp3) is 0.462. The van der Waals surface area contributed by atoms with Gasteiger partial charge in [0.05, 0.1) is 11.4 Å². The Bertz CT molecular complexity index is 732. The molecule has 5 heteroatoms. The van der Waals surface area contributed by atoms with Crippen molar-refractivity contribution in [1.29, 1.82) is 0 Å². The molecule has 0 radical (unpaired) electrons. The maximum absolute atomic E-state index is 4.84. The summed E-state index contributed by atoms with van der Waals surface area (Å²) in [5.74, 6) is 1.77. The van der Waals surface area contributed by atoms with Crippen LogP contribution in [0.4, 0.5) is 11.4 Å². The number of benzene rings is 2. The van der Waals surface area contributed by atoms with E-state index in [1.807, 2.05) is 12.4 Å². The van der Waals surface area contributed by atoms with Crippen LogP contribution in [0.5, 0.6) is 0 Å². The first-order valence-corrected chi connectivity index (χ1v) is 10.6. The normalized spacial score (nSPS) is 11.4. The quantitative estimate of drug-likeness (QED) is 0.375. The molecule has 172 valence electrons. The zero-order chi connectivity index (χ0) is 20.8. The molecular formula is C26H36Cl2N2Ru. The number of nitrogens with zero attached hydrogens (tertiary/aromatic N) is 2. The molecule has 2 aromatic carbocycles. The molecule has 0 amide bonds. The van der Waals surface area contributed by atoms with E-state index in [0.717, 1.165) is 11.4 Å². The van der Waals surface area contributed by atoms with Gasteiger partial charge in [-0.1, -0.05) is 91.8 Å². The van der Waals surface area contributed by atoms with Crippen molar-refractivity contribution in [3.8, 4) is 0 Å². The molecule has 0 atom stereocenters. The molecule has 0 fully saturated rings. The average molecular weight is 549 g/mol. The van der Waals surface area contributed by atoms with Crippen molar-refractivity contribution < 1.29 is 44.3 Å². The van der Waals surface area contributed by atoms with Gasteiger partial charge in [-0.3, -0.25) is 9.98 Å². The summed E-state index contributed by atoms with van der Waals surface area (Å²) in [7, 11) is 0. The van der Waals surface area contributed by atoms with Gasteiger partial charge in [0.15, 0.2) is 0 Å². The van der Waals surface area contributed by atoms with Crippen LogP contribution in [0.15, 0.2) is 46.4 Å². The maximum atomic E-state index is 4.84. The summed E-state index contributed by atoms with van der Waals surface area (Å²) >= 11 is 0. The van der Waals surface area contributed by atoms with Crippen molar-refractivity contribution in [3.05, 3.63) is 58.7 Å². The predicted octanol–water partition coefficient (Wildman–Crippen LogP) is 2.29. The van der Waals surface area contributed by atoms with Gasteiger partial charge in [0.1, 0.15) is 0 Å². The molecule has 0 spiro atoms.